The molecule has 1 aliphatic heterocycles. The molecule has 0 aromatic heterocycles. The van der Waals surface area contributed by atoms with Gasteiger partial charge in [0.15, 0.2) is 0 Å². The lowest BCUT2D eigenvalue weighted by atomic mass is 9.94. The van der Waals surface area contributed by atoms with Crippen molar-refractivity contribution in [1.82, 2.24) is 4.90 Å². The molecule has 1 heterocycles. The Labute approximate surface area is 88.5 Å². The molecule has 0 aromatic rings. The van der Waals surface area contributed by atoms with E-state index in [9.17, 15) is 0 Å². The number of rotatable bonds is 2. The van der Waals surface area contributed by atoms with Gasteiger partial charge in [0.05, 0.1) is 0 Å². The fourth-order valence-corrected chi connectivity index (χ4v) is 2.14. The van der Waals surface area contributed by atoms with Crippen molar-refractivity contribution in [2.45, 2.75) is 54.0 Å². The fraction of sp³-hybridized carbons (Fsp3) is 0.692. The van der Waals surface area contributed by atoms with Gasteiger partial charge in [0, 0.05) is 18.3 Å². The van der Waals surface area contributed by atoms with Crippen LogP contribution in [0.15, 0.2) is 22.4 Å². The van der Waals surface area contributed by atoms with Crippen LogP contribution in [-0.4, -0.2) is 17.5 Å². The molecule has 1 aliphatic rings. The quantitative estimate of drug-likeness (QED) is 0.646. The van der Waals surface area contributed by atoms with Crippen molar-refractivity contribution in [3.8, 4) is 0 Å². The average molecular weight is 193 g/mol. The van der Waals surface area contributed by atoms with Gasteiger partial charge in [-0.1, -0.05) is 6.92 Å². The minimum Gasteiger partial charge on any atom is -0.368 e. The summed E-state index contributed by atoms with van der Waals surface area (Å²) in [6.07, 6.45) is 1.18. The van der Waals surface area contributed by atoms with Gasteiger partial charge in [-0.2, -0.15) is 0 Å². The second-order valence-corrected chi connectivity index (χ2v) is 4.51. The van der Waals surface area contributed by atoms with Crippen LogP contribution in [0.3, 0.4) is 0 Å². The number of allylic oxidation sites excluding steroid dienone is 3. The van der Waals surface area contributed by atoms with Gasteiger partial charge in [0.2, 0.25) is 0 Å². The molecule has 0 saturated carbocycles. The molecule has 80 valence electrons. The highest BCUT2D eigenvalue weighted by molar-refractivity contribution is 5.39. The van der Waals surface area contributed by atoms with E-state index in [4.69, 9.17) is 0 Å². The van der Waals surface area contributed by atoms with Crippen molar-refractivity contribution in [1.29, 1.82) is 0 Å². The second kappa shape index (κ2) is 4.20. The van der Waals surface area contributed by atoms with Crippen molar-refractivity contribution in [3.05, 3.63) is 22.4 Å². The van der Waals surface area contributed by atoms with E-state index in [1.54, 1.807) is 5.57 Å². The van der Waals surface area contributed by atoms with Crippen LogP contribution in [0.4, 0.5) is 0 Å². The SMILES string of the molecule is CCC1=C(C)C(C)=C(C)N(C(C)C)C1. The number of hydrogen-bond donors (Lipinski definition) is 0. The van der Waals surface area contributed by atoms with Crippen LogP contribution in [0.2, 0.25) is 0 Å². The summed E-state index contributed by atoms with van der Waals surface area (Å²) in [5.74, 6) is 0. The van der Waals surface area contributed by atoms with Gasteiger partial charge in [0.1, 0.15) is 0 Å². The highest BCUT2D eigenvalue weighted by Gasteiger charge is 2.20. The van der Waals surface area contributed by atoms with Crippen LogP contribution in [0.1, 0.15) is 48.0 Å². The summed E-state index contributed by atoms with van der Waals surface area (Å²) in [5, 5.41) is 0. The Bertz CT molecular complexity index is 282. The van der Waals surface area contributed by atoms with Crippen LogP contribution in [0, 0.1) is 0 Å². The molecular formula is C13H23N. The van der Waals surface area contributed by atoms with E-state index < -0.39 is 0 Å². The summed E-state index contributed by atoms with van der Waals surface area (Å²) in [7, 11) is 0. The number of nitrogens with zero attached hydrogens (tertiary/aromatic N) is 1. The lowest BCUT2D eigenvalue weighted by Crippen LogP contribution is -2.34. The molecule has 0 bridgehead atoms. The molecule has 0 radical (unpaired) electrons. The van der Waals surface area contributed by atoms with Gasteiger partial charge in [-0.05, 0) is 57.8 Å². The van der Waals surface area contributed by atoms with Gasteiger partial charge in [-0.3, -0.25) is 0 Å². The third kappa shape index (κ3) is 1.87. The summed E-state index contributed by atoms with van der Waals surface area (Å²) < 4.78 is 0. The van der Waals surface area contributed by atoms with E-state index in [0.29, 0.717) is 6.04 Å². The van der Waals surface area contributed by atoms with E-state index in [1.165, 1.54) is 23.3 Å². The second-order valence-electron chi connectivity index (χ2n) is 4.51. The minimum absolute atomic E-state index is 0.611. The van der Waals surface area contributed by atoms with Crippen molar-refractivity contribution in [2.75, 3.05) is 6.54 Å². The zero-order valence-corrected chi connectivity index (χ0v) is 10.4. The Morgan fingerprint density at radius 3 is 2.14 bits per heavy atom. The first kappa shape index (κ1) is 11.4. The van der Waals surface area contributed by atoms with Crippen molar-refractivity contribution >= 4 is 0 Å². The largest absolute Gasteiger partial charge is 0.368 e. The zero-order valence-electron chi connectivity index (χ0n) is 10.4. The maximum atomic E-state index is 2.50. The first-order chi connectivity index (χ1) is 6.49. The van der Waals surface area contributed by atoms with Crippen LogP contribution in [0.5, 0.6) is 0 Å². The summed E-state index contributed by atoms with van der Waals surface area (Å²) in [5.41, 5.74) is 6.04. The standard InChI is InChI=1S/C13H23N/c1-7-13-8-14(9(2)3)12(6)10(4)11(13)5/h9H,7-8H2,1-6H3. The third-order valence-corrected chi connectivity index (χ3v) is 3.48. The highest BCUT2D eigenvalue weighted by atomic mass is 15.2. The van der Waals surface area contributed by atoms with E-state index in [-0.39, 0.29) is 0 Å². The normalized spacial score (nSPS) is 18.6. The summed E-state index contributed by atoms with van der Waals surface area (Å²) in [4.78, 5) is 2.50. The van der Waals surface area contributed by atoms with Gasteiger partial charge >= 0.3 is 0 Å². The van der Waals surface area contributed by atoms with Crippen LogP contribution in [0.25, 0.3) is 0 Å². The molecular weight excluding hydrogens is 170 g/mol. The molecule has 0 amide bonds. The first-order valence-corrected chi connectivity index (χ1v) is 5.62. The van der Waals surface area contributed by atoms with E-state index in [0.717, 1.165) is 6.54 Å². The maximum absolute atomic E-state index is 2.50. The summed E-state index contributed by atoms with van der Waals surface area (Å²) >= 11 is 0. The van der Waals surface area contributed by atoms with E-state index in [1.807, 2.05) is 0 Å². The Morgan fingerprint density at radius 1 is 1.14 bits per heavy atom. The Kier molecular flexibility index (Phi) is 3.41. The van der Waals surface area contributed by atoms with Gasteiger partial charge in [0.25, 0.3) is 0 Å². The molecule has 0 aromatic carbocycles. The average Bonchev–Trinajstić information content (AvgIpc) is 2.14. The Hall–Kier alpha value is -0.720. The topological polar surface area (TPSA) is 3.24 Å². The molecule has 0 N–H and O–H groups in total. The van der Waals surface area contributed by atoms with Gasteiger partial charge in [-0.15, -0.1) is 0 Å². The maximum Gasteiger partial charge on any atom is 0.0394 e. The monoisotopic (exact) mass is 193 g/mol. The Balaban J connectivity index is 3.06. The van der Waals surface area contributed by atoms with Gasteiger partial charge in [-0.25, -0.2) is 0 Å². The van der Waals surface area contributed by atoms with Crippen LogP contribution in [-0.2, 0) is 0 Å². The third-order valence-electron chi connectivity index (χ3n) is 3.48. The zero-order chi connectivity index (χ0) is 10.9. The van der Waals surface area contributed by atoms with Crippen molar-refractivity contribution < 1.29 is 0 Å². The molecule has 0 spiro atoms. The molecule has 1 heteroatoms. The van der Waals surface area contributed by atoms with Crippen LogP contribution < -0.4 is 0 Å². The van der Waals surface area contributed by atoms with E-state index in [2.05, 4.69) is 46.4 Å². The predicted octanol–water partition coefficient (Wildman–Crippen LogP) is 3.73. The molecule has 0 atom stereocenters. The molecule has 0 unspecified atom stereocenters. The molecule has 0 aliphatic carbocycles. The molecule has 1 nitrogen and oxygen atoms in total. The summed E-state index contributed by atoms with van der Waals surface area (Å²) in [6.45, 7) is 14.7. The lowest BCUT2D eigenvalue weighted by Gasteiger charge is -2.36. The van der Waals surface area contributed by atoms with Crippen LogP contribution >= 0.6 is 0 Å². The van der Waals surface area contributed by atoms with Crippen molar-refractivity contribution in [2.24, 2.45) is 0 Å². The fourth-order valence-electron chi connectivity index (χ4n) is 2.14. The first-order valence-electron chi connectivity index (χ1n) is 5.62. The summed E-state index contributed by atoms with van der Waals surface area (Å²) in [6, 6.07) is 0.611. The smallest absolute Gasteiger partial charge is 0.0394 e. The van der Waals surface area contributed by atoms with Gasteiger partial charge < -0.3 is 4.90 Å². The molecule has 0 fully saturated rings. The predicted molar refractivity (Wildman–Crippen MR) is 63.2 cm³/mol. The van der Waals surface area contributed by atoms with Crippen molar-refractivity contribution in [3.63, 3.8) is 0 Å². The molecule has 1 rings (SSSR count). The molecule has 0 saturated heterocycles. The lowest BCUT2D eigenvalue weighted by molar-refractivity contribution is 0.296. The van der Waals surface area contributed by atoms with E-state index >= 15 is 0 Å². The molecule has 14 heavy (non-hydrogen) atoms. The number of hydrogen-bond acceptors (Lipinski definition) is 1. The highest BCUT2D eigenvalue weighted by Crippen LogP contribution is 2.29. The Morgan fingerprint density at radius 2 is 1.71 bits per heavy atom. The minimum atomic E-state index is 0.611.